The van der Waals surface area contributed by atoms with Gasteiger partial charge in [-0.1, -0.05) is 242 Å². The first-order valence-electron chi connectivity index (χ1n) is 26.4. The molecule has 3 heterocycles. The third-order valence-electron chi connectivity index (χ3n) is 16.6. The van der Waals surface area contributed by atoms with Gasteiger partial charge in [0.25, 0.3) is 6.71 Å². The summed E-state index contributed by atoms with van der Waals surface area (Å²) in [6.45, 7) is 14.0. The third kappa shape index (κ3) is 6.44. The number of para-hydroxylation sites is 2. The minimum absolute atomic E-state index is 0.0382. The lowest BCUT2D eigenvalue weighted by atomic mass is 9.33. The van der Waals surface area contributed by atoms with E-state index in [9.17, 15) is 0 Å². The number of benzene rings is 11. The van der Waals surface area contributed by atoms with Crippen molar-refractivity contribution in [3.8, 4) is 22.3 Å². The fourth-order valence-electron chi connectivity index (χ4n) is 13.2. The monoisotopic (exact) mass is 964 g/mol. The molecule has 3 aliphatic heterocycles. The van der Waals surface area contributed by atoms with Crippen molar-refractivity contribution in [3.63, 3.8) is 0 Å². The summed E-state index contributed by atoms with van der Waals surface area (Å²) in [5, 5.41) is 10.6. The van der Waals surface area contributed by atoms with Gasteiger partial charge in [-0.25, -0.2) is 0 Å². The maximum absolute atomic E-state index is 2.95. The maximum Gasteiger partial charge on any atom is 0.252 e. The molecule has 3 aliphatic rings. The van der Waals surface area contributed by atoms with E-state index in [4.69, 9.17) is 0 Å². The average Bonchev–Trinajstić information content (AvgIpc) is 3.43. The van der Waals surface area contributed by atoms with Gasteiger partial charge in [0.2, 0.25) is 0 Å². The van der Waals surface area contributed by atoms with E-state index in [0.717, 1.165) is 0 Å². The van der Waals surface area contributed by atoms with E-state index in [1.54, 1.807) is 0 Å². The van der Waals surface area contributed by atoms with Crippen LogP contribution in [-0.2, 0) is 10.8 Å². The van der Waals surface area contributed by atoms with Crippen LogP contribution < -0.4 is 46.9 Å². The summed E-state index contributed by atoms with van der Waals surface area (Å²) in [4.78, 5) is 5.34. The number of nitrogens with zero attached hydrogens (tertiary/aromatic N) is 2. The van der Waals surface area contributed by atoms with E-state index in [1.807, 2.05) is 0 Å². The van der Waals surface area contributed by atoms with Gasteiger partial charge in [0.05, 0.1) is 0 Å². The van der Waals surface area contributed by atoms with E-state index in [-0.39, 0.29) is 17.5 Å². The van der Waals surface area contributed by atoms with Gasteiger partial charge >= 0.3 is 0 Å². The molecule has 14 rings (SSSR count). The van der Waals surface area contributed by atoms with Crippen LogP contribution in [0.2, 0.25) is 0 Å². The zero-order valence-corrected chi connectivity index (χ0v) is 44.0. The average molecular weight is 965 g/mol. The van der Waals surface area contributed by atoms with Crippen LogP contribution in [0, 0.1) is 0 Å². The molecule has 354 valence electrons. The number of hydrogen-bond donors (Lipinski definition) is 0. The number of fused-ring (bicyclic) bond motifs is 8. The highest BCUT2D eigenvalue weighted by Gasteiger charge is 2.53. The maximum atomic E-state index is 2.71. The molecule has 0 bridgehead atoms. The molecule has 0 N–H and O–H groups in total. The van der Waals surface area contributed by atoms with Crippen LogP contribution in [0.1, 0.15) is 52.7 Å². The highest BCUT2D eigenvalue weighted by atomic mass is 28.3. The molecule has 0 amide bonds. The van der Waals surface area contributed by atoms with Crippen LogP contribution in [0.3, 0.4) is 0 Å². The second-order valence-corrected chi connectivity index (χ2v) is 26.5. The second kappa shape index (κ2) is 16.4. The Morgan fingerprint density at radius 1 is 0.351 bits per heavy atom. The van der Waals surface area contributed by atoms with Crippen molar-refractivity contribution in [2.75, 3.05) is 9.80 Å². The van der Waals surface area contributed by atoms with Gasteiger partial charge in [-0.3, -0.25) is 0 Å². The molecule has 11 aromatic rings. The first kappa shape index (κ1) is 44.5. The molecule has 0 saturated carbocycles. The molecule has 0 fully saturated rings. The largest absolute Gasteiger partial charge is 0.312 e. The van der Waals surface area contributed by atoms with Crippen LogP contribution >= 0.6 is 0 Å². The van der Waals surface area contributed by atoms with Gasteiger partial charge in [-0.15, -0.1) is 0 Å². The van der Waals surface area contributed by atoms with E-state index in [0.29, 0.717) is 0 Å². The molecule has 0 saturated heterocycles. The van der Waals surface area contributed by atoms with Crippen LogP contribution in [-0.4, -0.2) is 14.8 Å². The van der Waals surface area contributed by atoms with Crippen molar-refractivity contribution in [3.05, 3.63) is 248 Å². The zero-order valence-electron chi connectivity index (χ0n) is 43.0. The van der Waals surface area contributed by atoms with Crippen molar-refractivity contribution < 1.29 is 0 Å². The lowest BCUT2D eigenvalue weighted by Crippen LogP contribution is -2.79. The Kier molecular flexibility index (Phi) is 9.88. The fraction of sp³-hybridized carbons (Fsp3) is 0.114. The lowest BCUT2D eigenvalue weighted by Gasteiger charge is -2.51. The molecule has 0 spiro atoms. The molecule has 0 aliphatic carbocycles. The van der Waals surface area contributed by atoms with Gasteiger partial charge in [-0.2, -0.15) is 0 Å². The Hall–Kier alpha value is -8.18. The van der Waals surface area contributed by atoms with Gasteiger partial charge in [0.1, 0.15) is 0 Å². The summed E-state index contributed by atoms with van der Waals surface area (Å²) in [7, 11) is -2.95. The second-order valence-electron chi connectivity index (χ2n) is 22.8. The van der Waals surface area contributed by atoms with E-state index in [1.165, 1.54) is 126 Å². The van der Waals surface area contributed by atoms with Crippen molar-refractivity contribution >= 4 is 108 Å². The number of hydrogen-bond acceptors (Lipinski definition) is 2. The van der Waals surface area contributed by atoms with Gasteiger partial charge < -0.3 is 9.80 Å². The molecule has 74 heavy (non-hydrogen) atoms. The molecule has 0 aromatic heterocycles. The smallest absolute Gasteiger partial charge is 0.252 e. The SMILES string of the molecule is CC(C)(C)c1cccc(N2c3cc(C(C)(C)C)ccc3B3c4cccc5c4N(c4ccccc4[Si]5(c4ccccc4)c4ccccc4)c4cc(-c5c6ccccc6c(-c6ccccc6)c6ccccc56)cc2c43)c1. The van der Waals surface area contributed by atoms with Crippen LogP contribution in [0.4, 0.5) is 34.1 Å². The quantitative estimate of drug-likeness (QED) is 0.125. The minimum Gasteiger partial charge on any atom is -0.312 e. The summed E-state index contributed by atoms with van der Waals surface area (Å²) in [6.07, 6.45) is 0. The highest BCUT2D eigenvalue weighted by Crippen LogP contribution is 2.51. The first-order valence-corrected chi connectivity index (χ1v) is 28.4. The van der Waals surface area contributed by atoms with Gasteiger partial charge in [-0.05, 0) is 139 Å². The lowest BCUT2D eigenvalue weighted by molar-refractivity contribution is 0.590. The molecule has 0 unspecified atom stereocenters. The van der Waals surface area contributed by atoms with Gasteiger partial charge in [0.15, 0.2) is 8.07 Å². The molecular weight excluding hydrogens is 908 g/mol. The van der Waals surface area contributed by atoms with Crippen molar-refractivity contribution in [1.29, 1.82) is 0 Å². The molecular formula is C70H57BN2Si. The molecule has 0 atom stereocenters. The molecule has 11 aromatic carbocycles. The fourth-order valence-corrected chi connectivity index (χ4v) is 18.4. The van der Waals surface area contributed by atoms with Crippen LogP contribution in [0.5, 0.6) is 0 Å². The highest BCUT2D eigenvalue weighted by molar-refractivity contribution is 7.22. The Labute approximate surface area is 437 Å². The Balaban J connectivity index is 1.17. The molecule has 4 heteroatoms. The van der Waals surface area contributed by atoms with Crippen molar-refractivity contribution in [1.82, 2.24) is 0 Å². The number of rotatable bonds is 5. The first-order chi connectivity index (χ1) is 36.0. The Bertz CT molecular complexity index is 3960. The predicted molar refractivity (Wildman–Crippen MR) is 321 cm³/mol. The van der Waals surface area contributed by atoms with E-state index < -0.39 is 8.07 Å². The molecule has 0 radical (unpaired) electrons. The minimum atomic E-state index is -2.95. The summed E-state index contributed by atoms with van der Waals surface area (Å²) >= 11 is 0. The van der Waals surface area contributed by atoms with Crippen LogP contribution in [0.25, 0.3) is 43.8 Å². The van der Waals surface area contributed by atoms with Gasteiger partial charge in [0, 0.05) is 34.1 Å². The third-order valence-corrected chi connectivity index (χ3v) is 21.4. The van der Waals surface area contributed by atoms with E-state index in [2.05, 4.69) is 288 Å². The summed E-state index contributed by atoms with van der Waals surface area (Å²) in [5.41, 5.74) is 19.0. The normalized spacial score (nSPS) is 14.1. The van der Waals surface area contributed by atoms with Crippen molar-refractivity contribution in [2.45, 2.75) is 52.4 Å². The zero-order chi connectivity index (χ0) is 50.1. The standard InChI is InChI=1S/C70H57BN2Si/c1-69(2,3)48-26-22-27-50(44-48)72-60-45-49(70(4,5)6)40-41-57(60)71-58-36-23-39-64-68(58)73(59-37-20-21-38-63(59)74(64,51-28-12-8-13-29-51)52-30-14-9-15-31-52)62-43-47(42-61(72)67(62)71)66-55-34-18-16-32-53(55)65(46-24-10-7-11-25-46)54-33-17-19-35-56(54)66/h7-45H,1-6H3. The molecule has 2 nitrogen and oxygen atoms in total. The Morgan fingerprint density at radius 2 is 0.851 bits per heavy atom. The Morgan fingerprint density at radius 3 is 1.46 bits per heavy atom. The summed E-state index contributed by atoms with van der Waals surface area (Å²) in [6, 6.07) is 90.9. The van der Waals surface area contributed by atoms with Crippen molar-refractivity contribution in [2.24, 2.45) is 0 Å². The summed E-state index contributed by atoms with van der Waals surface area (Å²) in [5.74, 6) is 0. The number of anilines is 6. The topological polar surface area (TPSA) is 6.48 Å². The summed E-state index contributed by atoms with van der Waals surface area (Å²) < 4.78 is 0. The van der Waals surface area contributed by atoms with Crippen LogP contribution in [0.15, 0.2) is 237 Å². The van der Waals surface area contributed by atoms with E-state index >= 15 is 0 Å². The predicted octanol–water partition coefficient (Wildman–Crippen LogP) is 13.7.